The topological polar surface area (TPSA) is 47.6 Å². The van der Waals surface area contributed by atoms with Gasteiger partial charge < -0.3 is 14.4 Å². The lowest BCUT2D eigenvalue weighted by Crippen LogP contribution is -2.43. The van der Waals surface area contributed by atoms with Gasteiger partial charge in [-0.05, 0) is 44.9 Å². The van der Waals surface area contributed by atoms with Crippen molar-refractivity contribution in [2.45, 2.75) is 44.6 Å². The summed E-state index contributed by atoms with van der Waals surface area (Å²) in [6, 6.07) is 5.38. The molecule has 0 radical (unpaired) electrons. The van der Waals surface area contributed by atoms with Crippen molar-refractivity contribution in [2.24, 2.45) is 0 Å². The molecular formula is C16H23F3NO3P. The maximum atomic E-state index is 13.3. The molecular weight excluding hydrogens is 342 g/mol. The minimum absolute atomic E-state index is 0.0556. The van der Waals surface area contributed by atoms with E-state index in [1.54, 1.807) is 19.9 Å². The molecule has 0 spiro atoms. The normalized spacial score (nSPS) is 22.0. The minimum Gasteiger partial charge on any atom is -0.308 e. The van der Waals surface area contributed by atoms with Crippen LogP contribution in [0.5, 0.6) is 0 Å². The molecule has 0 aliphatic carbocycles. The van der Waals surface area contributed by atoms with Gasteiger partial charge in [-0.2, -0.15) is 13.2 Å². The molecule has 1 N–H and O–H groups in total. The van der Waals surface area contributed by atoms with Crippen LogP contribution in [0.15, 0.2) is 24.3 Å². The lowest BCUT2D eigenvalue weighted by Gasteiger charge is -2.36. The molecule has 0 aromatic heterocycles. The van der Waals surface area contributed by atoms with E-state index in [0.717, 1.165) is 6.07 Å². The third kappa shape index (κ3) is 3.85. The molecule has 1 aliphatic heterocycles. The summed E-state index contributed by atoms with van der Waals surface area (Å²) in [4.78, 5) is 0. The third-order valence-corrected chi connectivity index (χ3v) is 6.93. The Hall–Kier alpha value is -0.880. The molecule has 1 unspecified atom stereocenters. The van der Waals surface area contributed by atoms with Gasteiger partial charge in [-0.3, -0.25) is 4.57 Å². The number of alkyl halides is 3. The van der Waals surface area contributed by atoms with Gasteiger partial charge in [-0.1, -0.05) is 18.2 Å². The maximum absolute atomic E-state index is 13.3. The first-order chi connectivity index (χ1) is 11.3. The van der Waals surface area contributed by atoms with Crippen LogP contribution in [-0.2, 0) is 26.2 Å². The Morgan fingerprint density at radius 1 is 1.21 bits per heavy atom. The second-order valence-corrected chi connectivity index (χ2v) is 8.09. The van der Waals surface area contributed by atoms with E-state index in [1.165, 1.54) is 12.1 Å². The Kier molecular flexibility index (Phi) is 6.13. The van der Waals surface area contributed by atoms with Gasteiger partial charge in [0.1, 0.15) is 5.28 Å². The SMILES string of the molecule is CCOP(=O)(OCC)C1(Cc2ccccc2C(F)(F)F)CCCN1. The molecule has 136 valence electrons. The molecule has 0 saturated carbocycles. The Bertz CT molecular complexity index is 590. The first-order valence-electron chi connectivity index (χ1n) is 8.07. The molecule has 1 fully saturated rings. The predicted molar refractivity (Wildman–Crippen MR) is 86.0 cm³/mol. The van der Waals surface area contributed by atoms with Crippen LogP contribution in [0, 0.1) is 0 Å². The van der Waals surface area contributed by atoms with Crippen LogP contribution in [0.4, 0.5) is 13.2 Å². The largest absolute Gasteiger partial charge is 0.416 e. The highest BCUT2D eigenvalue weighted by atomic mass is 31.2. The van der Waals surface area contributed by atoms with Crippen molar-refractivity contribution in [3.63, 3.8) is 0 Å². The van der Waals surface area contributed by atoms with Crippen molar-refractivity contribution in [3.8, 4) is 0 Å². The summed E-state index contributed by atoms with van der Waals surface area (Å²) in [6.07, 6.45) is -3.37. The highest BCUT2D eigenvalue weighted by molar-refractivity contribution is 7.55. The van der Waals surface area contributed by atoms with Crippen molar-refractivity contribution in [1.82, 2.24) is 5.32 Å². The highest BCUT2D eigenvalue weighted by Gasteiger charge is 2.53. The van der Waals surface area contributed by atoms with Crippen molar-refractivity contribution in [2.75, 3.05) is 19.8 Å². The van der Waals surface area contributed by atoms with E-state index in [1.807, 2.05) is 0 Å². The van der Waals surface area contributed by atoms with Gasteiger partial charge in [-0.25, -0.2) is 0 Å². The fourth-order valence-corrected chi connectivity index (χ4v) is 5.51. The molecule has 1 aliphatic rings. The molecule has 1 saturated heterocycles. The van der Waals surface area contributed by atoms with Crippen LogP contribution in [0.1, 0.15) is 37.8 Å². The number of hydrogen-bond donors (Lipinski definition) is 1. The van der Waals surface area contributed by atoms with E-state index in [-0.39, 0.29) is 25.2 Å². The Morgan fingerprint density at radius 2 is 1.83 bits per heavy atom. The van der Waals surface area contributed by atoms with Gasteiger partial charge in [0, 0.05) is 6.42 Å². The zero-order valence-corrected chi connectivity index (χ0v) is 14.8. The second-order valence-electron chi connectivity index (χ2n) is 5.73. The zero-order chi connectivity index (χ0) is 17.8. The summed E-state index contributed by atoms with van der Waals surface area (Å²) in [7, 11) is -3.61. The van der Waals surface area contributed by atoms with E-state index >= 15 is 0 Å². The van der Waals surface area contributed by atoms with Gasteiger partial charge in [0.15, 0.2) is 0 Å². The van der Waals surface area contributed by atoms with Crippen molar-refractivity contribution in [3.05, 3.63) is 35.4 Å². The Morgan fingerprint density at radius 3 is 2.33 bits per heavy atom. The molecule has 0 amide bonds. The summed E-state index contributed by atoms with van der Waals surface area (Å²) >= 11 is 0. The smallest absolute Gasteiger partial charge is 0.308 e. The highest BCUT2D eigenvalue weighted by Crippen LogP contribution is 2.63. The van der Waals surface area contributed by atoms with E-state index in [9.17, 15) is 17.7 Å². The van der Waals surface area contributed by atoms with Gasteiger partial charge in [0.05, 0.1) is 18.8 Å². The molecule has 1 atom stereocenters. The first kappa shape index (κ1) is 19.4. The van der Waals surface area contributed by atoms with Gasteiger partial charge in [0.2, 0.25) is 0 Å². The van der Waals surface area contributed by atoms with Crippen LogP contribution in [0.2, 0.25) is 0 Å². The number of hydrogen-bond acceptors (Lipinski definition) is 4. The van der Waals surface area contributed by atoms with Crippen LogP contribution in [-0.4, -0.2) is 25.0 Å². The van der Waals surface area contributed by atoms with Gasteiger partial charge >= 0.3 is 13.8 Å². The number of rotatable bonds is 7. The van der Waals surface area contributed by atoms with Gasteiger partial charge in [-0.15, -0.1) is 0 Å². The van der Waals surface area contributed by atoms with Crippen molar-refractivity contribution in [1.29, 1.82) is 0 Å². The lowest BCUT2D eigenvalue weighted by molar-refractivity contribution is -0.138. The molecule has 2 rings (SSSR count). The van der Waals surface area contributed by atoms with E-state index in [0.29, 0.717) is 19.4 Å². The summed E-state index contributed by atoms with van der Waals surface area (Å²) in [5, 5.41) is 2.00. The summed E-state index contributed by atoms with van der Waals surface area (Å²) < 4.78 is 64.1. The van der Waals surface area contributed by atoms with Crippen molar-refractivity contribution < 1.29 is 26.8 Å². The summed E-state index contributed by atoms with van der Waals surface area (Å²) in [5.74, 6) is 0. The molecule has 1 aromatic rings. The molecule has 4 nitrogen and oxygen atoms in total. The zero-order valence-electron chi connectivity index (χ0n) is 13.9. The minimum atomic E-state index is -4.46. The maximum Gasteiger partial charge on any atom is 0.416 e. The van der Waals surface area contributed by atoms with Crippen LogP contribution >= 0.6 is 7.60 Å². The quantitative estimate of drug-likeness (QED) is 0.718. The third-order valence-electron chi connectivity index (χ3n) is 4.15. The molecule has 1 aromatic carbocycles. The predicted octanol–water partition coefficient (Wildman–Crippen LogP) is 4.59. The van der Waals surface area contributed by atoms with Crippen molar-refractivity contribution >= 4 is 7.60 Å². The average molecular weight is 365 g/mol. The fraction of sp³-hybridized carbons (Fsp3) is 0.625. The fourth-order valence-electron chi connectivity index (χ4n) is 3.16. The van der Waals surface area contributed by atoms with E-state index in [4.69, 9.17) is 9.05 Å². The van der Waals surface area contributed by atoms with Crippen LogP contribution in [0.25, 0.3) is 0 Å². The number of halogens is 3. The standard InChI is InChI=1S/C16H23F3NO3P/c1-3-22-24(21,23-4-2)15(10-7-11-20-15)12-13-8-5-6-9-14(13)16(17,18)19/h5-6,8-9,20H,3-4,7,10-12H2,1-2H3. The van der Waals surface area contributed by atoms with Gasteiger partial charge in [0.25, 0.3) is 0 Å². The van der Waals surface area contributed by atoms with E-state index in [2.05, 4.69) is 5.32 Å². The molecule has 24 heavy (non-hydrogen) atoms. The Balaban J connectivity index is 2.45. The molecule has 8 heteroatoms. The number of nitrogens with one attached hydrogen (secondary N) is 1. The first-order valence-corrected chi connectivity index (χ1v) is 9.61. The summed E-state index contributed by atoms with van der Waals surface area (Å²) in [6.45, 7) is 4.29. The van der Waals surface area contributed by atoms with Crippen LogP contribution in [0.3, 0.4) is 0 Å². The second kappa shape index (κ2) is 7.56. The monoisotopic (exact) mass is 365 g/mol. The average Bonchev–Trinajstić information content (AvgIpc) is 2.97. The molecule has 1 heterocycles. The lowest BCUT2D eigenvalue weighted by atomic mass is 9.98. The molecule has 0 bridgehead atoms. The Labute approximate surface area is 140 Å². The summed E-state index contributed by atoms with van der Waals surface area (Å²) in [5.41, 5.74) is -0.614. The van der Waals surface area contributed by atoms with E-state index < -0.39 is 24.6 Å². The number of benzene rings is 1. The van der Waals surface area contributed by atoms with Crippen LogP contribution < -0.4 is 5.32 Å².